The van der Waals surface area contributed by atoms with Crippen LogP contribution in [0.1, 0.15) is 330 Å². The summed E-state index contributed by atoms with van der Waals surface area (Å²) in [6.07, 6.45) is 49.4. The number of phosphoric acid groups is 2. The number of hydrogen-bond acceptors (Lipinski definition) is 15. The lowest BCUT2D eigenvalue weighted by atomic mass is 10.0. The highest BCUT2D eigenvalue weighted by Gasteiger charge is 2.30. The first-order valence-corrected chi connectivity index (χ1v) is 38.8. The third kappa shape index (κ3) is 64.1. The van der Waals surface area contributed by atoms with Crippen molar-refractivity contribution in [2.45, 2.75) is 349 Å². The van der Waals surface area contributed by atoms with Crippen molar-refractivity contribution in [2.24, 2.45) is 11.8 Å². The van der Waals surface area contributed by atoms with Gasteiger partial charge in [0, 0.05) is 25.7 Å². The Labute approximate surface area is 542 Å². The molecule has 19 heteroatoms. The molecule has 0 aromatic rings. The number of aliphatic hydroxyl groups excluding tert-OH is 1. The predicted octanol–water partition coefficient (Wildman–Crippen LogP) is 19.5. The van der Waals surface area contributed by atoms with Crippen LogP contribution in [0.4, 0.5) is 0 Å². The first-order valence-electron chi connectivity index (χ1n) is 35.8. The Bertz CT molecular complexity index is 1830. The molecule has 0 saturated heterocycles. The van der Waals surface area contributed by atoms with E-state index in [1.807, 2.05) is 0 Å². The largest absolute Gasteiger partial charge is 0.472 e. The van der Waals surface area contributed by atoms with Crippen LogP contribution in [0.25, 0.3) is 0 Å². The summed E-state index contributed by atoms with van der Waals surface area (Å²) >= 11 is 0. The molecule has 0 aliphatic heterocycles. The number of rotatable bonds is 67. The predicted molar refractivity (Wildman–Crippen MR) is 358 cm³/mol. The minimum atomic E-state index is -4.96. The smallest absolute Gasteiger partial charge is 0.462 e. The molecular weight excluding hydrogens is 1170 g/mol. The minimum Gasteiger partial charge on any atom is -0.462 e. The van der Waals surface area contributed by atoms with E-state index in [0.29, 0.717) is 31.6 Å². The summed E-state index contributed by atoms with van der Waals surface area (Å²) in [5.74, 6) is -0.696. The maximum absolute atomic E-state index is 13.0. The van der Waals surface area contributed by atoms with Gasteiger partial charge in [-0.3, -0.25) is 37.3 Å². The molecule has 0 amide bonds. The zero-order chi connectivity index (χ0) is 65.7. The molecule has 0 heterocycles. The standard InChI is InChI=1S/C70H132O17P2/c1-7-9-11-13-15-17-19-20-21-22-24-30-36-43-49-55-70(75)86-65(58-80-67(72)52-46-40-34-28-26-25-27-32-38-44-50-62(3)4)60-84-88(76,77)82-56-64(71)57-83-89(78,79)85-61-66(59-81-68(73)53-47-41-37-31-33-39-45-51-63(5)6)87-69(74)54-48-42-35-29-23-18-16-14-12-10-8-2/h17,19-21,62-66,71H,7-16,18,22-61H2,1-6H3,(H,76,77)(H,78,79)/b19-17-,21-20-/t64-,65-,66-/m1/s1. The molecule has 0 rings (SSSR count). The SMILES string of the molecule is CCCCCC/C=C\C=C/CCCCCCCC(=O)O[C@H](COC(=O)CCCCCCCCCCCCC(C)C)COP(=O)(O)OC[C@@H](O)COP(=O)(O)OC[C@@H](COC(=O)CCCCCCCCCC(C)C)OC(=O)CCCCCCCCCCCCC. The molecule has 0 aliphatic rings. The van der Waals surface area contributed by atoms with Crippen LogP contribution in [0, 0.1) is 11.8 Å². The molecule has 524 valence electrons. The van der Waals surface area contributed by atoms with Gasteiger partial charge in [0.15, 0.2) is 12.2 Å². The van der Waals surface area contributed by atoms with Crippen LogP contribution >= 0.6 is 15.6 Å². The summed E-state index contributed by atoms with van der Waals surface area (Å²) in [7, 11) is -9.91. The van der Waals surface area contributed by atoms with E-state index >= 15 is 0 Å². The average molecular weight is 1310 g/mol. The number of hydrogen-bond donors (Lipinski definition) is 3. The first-order chi connectivity index (χ1) is 42.9. The Kier molecular flexibility index (Phi) is 60.0. The summed E-state index contributed by atoms with van der Waals surface area (Å²) < 4.78 is 68.2. The molecule has 17 nitrogen and oxygen atoms in total. The van der Waals surface area contributed by atoms with Crippen molar-refractivity contribution >= 4 is 39.5 Å². The molecule has 89 heavy (non-hydrogen) atoms. The van der Waals surface area contributed by atoms with E-state index in [0.717, 1.165) is 115 Å². The van der Waals surface area contributed by atoms with Crippen LogP contribution in [-0.4, -0.2) is 96.7 Å². The molecule has 2 unspecified atom stereocenters. The lowest BCUT2D eigenvalue weighted by Gasteiger charge is -2.21. The van der Waals surface area contributed by atoms with E-state index in [2.05, 4.69) is 65.8 Å². The lowest BCUT2D eigenvalue weighted by molar-refractivity contribution is -0.161. The molecule has 0 bridgehead atoms. The zero-order valence-electron chi connectivity index (χ0n) is 57.2. The highest BCUT2D eigenvalue weighted by Crippen LogP contribution is 2.45. The number of esters is 4. The Hall–Kier alpha value is -2.46. The van der Waals surface area contributed by atoms with Gasteiger partial charge in [-0.25, -0.2) is 9.13 Å². The number of carbonyl (C=O) groups is 4. The van der Waals surface area contributed by atoms with E-state index in [9.17, 15) is 43.2 Å². The van der Waals surface area contributed by atoms with Gasteiger partial charge >= 0.3 is 39.5 Å². The monoisotopic (exact) mass is 1310 g/mol. The second-order valence-electron chi connectivity index (χ2n) is 25.5. The number of carbonyl (C=O) groups excluding carboxylic acids is 4. The topological polar surface area (TPSA) is 237 Å². The fourth-order valence-corrected chi connectivity index (χ4v) is 11.6. The molecule has 0 aliphatic carbocycles. The second kappa shape index (κ2) is 61.7. The van der Waals surface area contributed by atoms with E-state index in [1.165, 1.54) is 128 Å². The van der Waals surface area contributed by atoms with Gasteiger partial charge in [0.25, 0.3) is 0 Å². The van der Waals surface area contributed by atoms with Gasteiger partial charge in [0.1, 0.15) is 19.3 Å². The summed E-state index contributed by atoms with van der Waals surface area (Å²) in [6.45, 7) is 9.41. The maximum Gasteiger partial charge on any atom is 0.472 e. The van der Waals surface area contributed by atoms with E-state index in [-0.39, 0.29) is 25.7 Å². The third-order valence-electron chi connectivity index (χ3n) is 15.6. The van der Waals surface area contributed by atoms with Gasteiger partial charge < -0.3 is 33.8 Å². The van der Waals surface area contributed by atoms with Crippen molar-refractivity contribution in [2.75, 3.05) is 39.6 Å². The van der Waals surface area contributed by atoms with Crippen LogP contribution in [0.15, 0.2) is 24.3 Å². The van der Waals surface area contributed by atoms with Crippen LogP contribution in [0.3, 0.4) is 0 Å². The molecular formula is C70H132O17P2. The van der Waals surface area contributed by atoms with Crippen molar-refractivity contribution in [1.29, 1.82) is 0 Å². The van der Waals surface area contributed by atoms with Gasteiger partial charge in [-0.2, -0.15) is 0 Å². The Morgan fingerprint density at radius 2 is 0.607 bits per heavy atom. The number of allylic oxidation sites excluding steroid dienone is 4. The van der Waals surface area contributed by atoms with Gasteiger partial charge in [-0.15, -0.1) is 0 Å². The van der Waals surface area contributed by atoms with Crippen LogP contribution < -0.4 is 0 Å². The summed E-state index contributed by atoms with van der Waals surface area (Å²) in [4.78, 5) is 72.5. The summed E-state index contributed by atoms with van der Waals surface area (Å²) in [5, 5.41) is 10.6. The lowest BCUT2D eigenvalue weighted by Crippen LogP contribution is -2.30. The molecule has 0 aromatic heterocycles. The zero-order valence-corrected chi connectivity index (χ0v) is 59.0. The highest BCUT2D eigenvalue weighted by molar-refractivity contribution is 7.47. The molecule has 0 aromatic carbocycles. The van der Waals surface area contributed by atoms with Crippen molar-refractivity contribution in [3.63, 3.8) is 0 Å². The van der Waals surface area contributed by atoms with Crippen molar-refractivity contribution < 1.29 is 80.2 Å². The van der Waals surface area contributed by atoms with Crippen LogP contribution in [-0.2, 0) is 65.4 Å². The summed E-state index contributed by atoms with van der Waals surface area (Å²) in [6, 6.07) is 0. The number of aliphatic hydroxyl groups is 1. The minimum absolute atomic E-state index is 0.0846. The first kappa shape index (κ1) is 86.5. The van der Waals surface area contributed by atoms with Gasteiger partial charge in [-0.05, 0) is 63.2 Å². The fraction of sp³-hybridized carbons (Fsp3) is 0.886. The normalized spacial score (nSPS) is 14.3. The quantitative estimate of drug-likeness (QED) is 0.0169. The van der Waals surface area contributed by atoms with E-state index in [4.69, 9.17) is 37.0 Å². The van der Waals surface area contributed by atoms with E-state index < -0.39 is 97.5 Å². The van der Waals surface area contributed by atoms with E-state index in [1.54, 1.807) is 0 Å². The molecule has 3 N–H and O–H groups in total. The third-order valence-corrected chi connectivity index (χ3v) is 17.5. The molecule has 0 saturated carbocycles. The molecule has 0 fully saturated rings. The number of unbranched alkanes of at least 4 members (excludes halogenated alkanes) is 34. The van der Waals surface area contributed by atoms with Gasteiger partial charge in [-0.1, -0.05) is 278 Å². The van der Waals surface area contributed by atoms with Crippen molar-refractivity contribution in [3.8, 4) is 0 Å². The van der Waals surface area contributed by atoms with Crippen molar-refractivity contribution in [1.82, 2.24) is 0 Å². The average Bonchev–Trinajstić information content (AvgIpc) is 3.71. The Morgan fingerprint density at radius 1 is 0.348 bits per heavy atom. The highest BCUT2D eigenvalue weighted by atomic mass is 31.2. The van der Waals surface area contributed by atoms with Gasteiger partial charge in [0.2, 0.25) is 0 Å². The molecule has 0 spiro atoms. The maximum atomic E-state index is 13.0. The fourth-order valence-electron chi connectivity index (χ4n) is 10.1. The molecule has 5 atom stereocenters. The van der Waals surface area contributed by atoms with Crippen LogP contribution in [0.2, 0.25) is 0 Å². The molecule has 0 radical (unpaired) electrons. The second-order valence-corrected chi connectivity index (χ2v) is 28.4. The van der Waals surface area contributed by atoms with Crippen molar-refractivity contribution in [3.05, 3.63) is 24.3 Å². The van der Waals surface area contributed by atoms with Gasteiger partial charge in [0.05, 0.1) is 26.4 Å². The number of phosphoric ester groups is 2. The van der Waals surface area contributed by atoms with Crippen LogP contribution in [0.5, 0.6) is 0 Å². The summed E-state index contributed by atoms with van der Waals surface area (Å²) in [5.41, 5.74) is 0. The number of ether oxygens (including phenoxy) is 4. The Balaban J connectivity index is 5.29. The Morgan fingerprint density at radius 3 is 0.921 bits per heavy atom.